The molecule has 3 aromatic carbocycles. The molecule has 128 valence electrons. The van der Waals surface area contributed by atoms with Gasteiger partial charge in [0.05, 0.1) is 13.2 Å². The fourth-order valence-electron chi connectivity index (χ4n) is 4.14. The molecule has 0 aromatic heterocycles. The number of methoxy groups -OCH3 is 1. The molecule has 0 radical (unpaired) electrons. The van der Waals surface area contributed by atoms with Crippen LogP contribution in [0, 0.1) is 11.3 Å². The van der Waals surface area contributed by atoms with E-state index in [1.807, 2.05) is 30.3 Å². The average molecular weight is 339 g/mol. The van der Waals surface area contributed by atoms with Crippen LogP contribution in [0.2, 0.25) is 0 Å². The van der Waals surface area contributed by atoms with Crippen molar-refractivity contribution in [2.45, 2.75) is 24.7 Å². The number of nitrogens with zero attached hydrogens (tertiary/aromatic N) is 1. The van der Waals surface area contributed by atoms with Crippen molar-refractivity contribution in [3.8, 4) is 22.9 Å². The van der Waals surface area contributed by atoms with E-state index in [4.69, 9.17) is 4.74 Å². The fraction of sp³-hybridized carbons (Fsp3) is 0.208. The number of ether oxygens (including phenoxy) is 1. The van der Waals surface area contributed by atoms with Gasteiger partial charge in [-0.25, -0.2) is 0 Å². The molecule has 26 heavy (non-hydrogen) atoms. The summed E-state index contributed by atoms with van der Waals surface area (Å²) >= 11 is 0. The largest absolute Gasteiger partial charge is 0.496 e. The summed E-state index contributed by atoms with van der Waals surface area (Å²) in [4.78, 5) is 0. The van der Waals surface area contributed by atoms with E-state index in [1.54, 1.807) is 7.11 Å². The predicted molar refractivity (Wildman–Crippen MR) is 104 cm³/mol. The number of hydrogen-bond acceptors (Lipinski definition) is 2. The van der Waals surface area contributed by atoms with Gasteiger partial charge < -0.3 is 4.74 Å². The van der Waals surface area contributed by atoms with Crippen LogP contribution in [-0.4, -0.2) is 7.11 Å². The Balaban J connectivity index is 1.81. The molecule has 1 aliphatic carbocycles. The summed E-state index contributed by atoms with van der Waals surface area (Å²) in [6.45, 7) is 0. The topological polar surface area (TPSA) is 33.0 Å². The van der Waals surface area contributed by atoms with Gasteiger partial charge in [-0.2, -0.15) is 5.26 Å². The van der Waals surface area contributed by atoms with E-state index in [0.717, 1.165) is 36.1 Å². The van der Waals surface area contributed by atoms with E-state index in [2.05, 4.69) is 48.5 Å². The molecule has 0 N–H and O–H groups in total. The van der Waals surface area contributed by atoms with Crippen molar-refractivity contribution in [2.75, 3.05) is 7.11 Å². The average Bonchev–Trinajstić information content (AvgIpc) is 2.73. The van der Waals surface area contributed by atoms with Gasteiger partial charge in [-0.05, 0) is 53.1 Å². The van der Waals surface area contributed by atoms with Gasteiger partial charge in [-0.15, -0.1) is 0 Å². The lowest BCUT2D eigenvalue weighted by Crippen LogP contribution is -2.31. The molecule has 1 atom stereocenters. The van der Waals surface area contributed by atoms with Crippen LogP contribution in [0.5, 0.6) is 5.75 Å². The Kier molecular flexibility index (Phi) is 4.22. The van der Waals surface area contributed by atoms with Gasteiger partial charge in [-0.3, -0.25) is 0 Å². The van der Waals surface area contributed by atoms with Gasteiger partial charge in [0.25, 0.3) is 0 Å². The van der Waals surface area contributed by atoms with Gasteiger partial charge in [0.2, 0.25) is 0 Å². The lowest BCUT2D eigenvalue weighted by Gasteiger charge is -2.34. The molecular weight excluding hydrogens is 318 g/mol. The van der Waals surface area contributed by atoms with E-state index in [0.29, 0.717) is 0 Å². The Morgan fingerprint density at radius 1 is 0.885 bits per heavy atom. The number of fused-ring (bicyclic) bond motifs is 1. The van der Waals surface area contributed by atoms with E-state index in [1.165, 1.54) is 16.7 Å². The third kappa shape index (κ3) is 2.57. The maximum absolute atomic E-state index is 10.2. The normalized spacial score (nSPS) is 18.6. The third-order valence-corrected chi connectivity index (χ3v) is 5.47. The lowest BCUT2D eigenvalue weighted by molar-refractivity contribution is 0.400. The van der Waals surface area contributed by atoms with E-state index in [-0.39, 0.29) is 0 Å². The van der Waals surface area contributed by atoms with Crippen molar-refractivity contribution in [3.63, 3.8) is 0 Å². The maximum atomic E-state index is 10.2. The lowest BCUT2D eigenvalue weighted by atomic mass is 9.66. The van der Waals surface area contributed by atoms with Crippen LogP contribution >= 0.6 is 0 Å². The van der Waals surface area contributed by atoms with Crippen LogP contribution in [0.4, 0.5) is 0 Å². The van der Waals surface area contributed by atoms with Gasteiger partial charge in [0.1, 0.15) is 11.2 Å². The van der Waals surface area contributed by atoms with Crippen molar-refractivity contribution in [2.24, 2.45) is 0 Å². The van der Waals surface area contributed by atoms with Crippen LogP contribution < -0.4 is 4.74 Å². The quantitative estimate of drug-likeness (QED) is 0.630. The maximum Gasteiger partial charge on any atom is 0.122 e. The van der Waals surface area contributed by atoms with Crippen molar-refractivity contribution < 1.29 is 4.74 Å². The molecule has 0 heterocycles. The van der Waals surface area contributed by atoms with E-state index in [9.17, 15) is 5.26 Å². The third-order valence-electron chi connectivity index (χ3n) is 5.47. The molecular formula is C24H21NO. The van der Waals surface area contributed by atoms with Gasteiger partial charge in [-0.1, -0.05) is 66.7 Å². The first-order valence-electron chi connectivity index (χ1n) is 9.02. The molecule has 1 aliphatic rings. The number of rotatable bonds is 3. The highest BCUT2D eigenvalue weighted by Gasteiger charge is 2.39. The zero-order valence-corrected chi connectivity index (χ0v) is 14.9. The molecule has 0 fully saturated rings. The Morgan fingerprint density at radius 3 is 2.31 bits per heavy atom. The second-order valence-corrected chi connectivity index (χ2v) is 6.80. The van der Waals surface area contributed by atoms with Gasteiger partial charge >= 0.3 is 0 Å². The van der Waals surface area contributed by atoms with Gasteiger partial charge in [0.15, 0.2) is 0 Å². The summed E-state index contributed by atoms with van der Waals surface area (Å²) < 4.78 is 5.55. The predicted octanol–water partition coefficient (Wildman–Crippen LogP) is 5.51. The highest BCUT2D eigenvalue weighted by molar-refractivity contribution is 5.65. The molecule has 1 unspecified atom stereocenters. The second-order valence-electron chi connectivity index (χ2n) is 6.80. The molecule has 0 amide bonds. The van der Waals surface area contributed by atoms with Gasteiger partial charge in [0, 0.05) is 0 Å². The standard InChI is InChI=1S/C24H21NO/c1-26-23-11-5-10-22-21(23)9-6-16-24(22,17-25)20-14-12-19(13-15-20)18-7-3-2-4-8-18/h2-5,7-8,10-15H,6,9,16H2,1H3. The van der Waals surface area contributed by atoms with Crippen LogP contribution in [0.1, 0.15) is 29.5 Å². The van der Waals surface area contributed by atoms with Crippen LogP contribution in [0.25, 0.3) is 11.1 Å². The molecule has 0 saturated heterocycles. The minimum Gasteiger partial charge on any atom is -0.496 e. The Bertz CT molecular complexity index is 954. The fourth-order valence-corrected chi connectivity index (χ4v) is 4.14. The zero-order valence-electron chi connectivity index (χ0n) is 14.9. The van der Waals surface area contributed by atoms with Crippen LogP contribution in [0.3, 0.4) is 0 Å². The highest BCUT2D eigenvalue weighted by atomic mass is 16.5. The Hall–Kier alpha value is -3.05. The minimum atomic E-state index is -0.600. The van der Waals surface area contributed by atoms with E-state index < -0.39 is 5.41 Å². The summed E-state index contributed by atoms with van der Waals surface area (Å²) in [7, 11) is 1.70. The summed E-state index contributed by atoms with van der Waals surface area (Å²) in [6, 6.07) is 27.5. The first-order chi connectivity index (χ1) is 12.8. The molecule has 2 nitrogen and oxygen atoms in total. The SMILES string of the molecule is COc1cccc2c1CCCC2(C#N)c1ccc(-c2ccccc2)cc1. The summed E-state index contributed by atoms with van der Waals surface area (Å²) in [6.07, 6.45) is 2.79. The Morgan fingerprint density at radius 2 is 1.62 bits per heavy atom. The Labute approximate surface area is 154 Å². The first kappa shape index (κ1) is 16.4. The molecule has 0 aliphatic heterocycles. The first-order valence-corrected chi connectivity index (χ1v) is 9.02. The number of nitriles is 1. The smallest absolute Gasteiger partial charge is 0.122 e. The monoisotopic (exact) mass is 339 g/mol. The van der Waals surface area contributed by atoms with E-state index >= 15 is 0 Å². The molecule has 4 rings (SSSR count). The molecule has 0 bridgehead atoms. The van der Waals surface area contributed by atoms with Crippen molar-refractivity contribution >= 4 is 0 Å². The number of hydrogen-bond donors (Lipinski definition) is 0. The summed E-state index contributed by atoms with van der Waals surface area (Å²) in [5.41, 5.74) is 5.10. The van der Waals surface area contributed by atoms with Crippen molar-refractivity contribution in [3.05, 3.63) is 89.5 Å². The molecule has 2 heteroatoms. The zero-order chi connectivity index (χ0) is 18.0. The second kappa shape index (κ2) is 6.69. The van der Waals surface area contributed by atoms with Crippen LogP contribution in [-0.2, 0) is 11.8 Å². The molecule has 0 saturated carbocycles. The van der Waals surface area contributed by atoms with Crippen LogP contribution in [0.15, 0.2) is 72.8 Å². The van der Waals surface area contributed by atoms with Crippen molar-refractivity contribution in [1.82, 2.24) is 0 Å². The summed E-state index contributed by atoms with van der Waals surface area (Å²) in [5.74, 6) is 0.891. The molecule has 3 aromatic rings. The number of benzene rings is 3. The van der Waals surface area contributed by atoms with Crippen molar-refractivity contribution in [1.29, 1.82) is 5.26 Å². The minimum absolute atomic E-state index is 0.600. The summed E-state index contributed by atoms with van der Waals surface area (Å²) in [5, 5.41) is 10.2. The molecule has 0 spiro atoms. The highest BCUT2D eigenvalue weighted by Crippen LogP contribution is 2.45.